The van der Waals surface area contributed by atoms with Gasteiger partial charge in [0.25, 0.3) is 0 Å². The molecule has 2 heteroatoms. The van der Waals surface area contributed by atoms with Crippen LogP contribution < -0.4 is 0 Å². The second kappa shape index (κ2) is 3.66. The molecule has 0 unspecified atom stereocenters. The highest BCUT2D eigenvalue weighted by molar-refractivity contribution is 6.18. The van der Waals surface area contributed by atoms with E-state index in [2.05, 4.69) is 37.0 Å². The number of hydrogen-bond acceptors (Lipinski definition) is 0. The van der Waals surface area contributed by atoms with Gasteiger partial charge in [0.15, 0.2) is 0 Å². The smallest absolute Gasteiger partial charge is 0.0458 e. The number of nitrogens with one attached hydrogen (secondary N) is 1. The summed E-state index contributed by atoms with van der Waals surface area (Å²) in [5.41, 5.74) is 5.13. The predicted molar refractivity (Wildman–Crippen MR) is 62.2 cm³/mol. The van der Waals surface area contributed by atoms with Crippen LogP contribution in [0.1, 0.15) is 16.8 Å². The van der Waals surface area contributed by atoms with Crippen LogP contribution in [0.15, 0.2) is 18.2 Å². The van der Waals surface area contributed by atoms with Gasteiger partial charge in [-0.15, -0.1) is 11.6 Å². The second-order valence-electron chi connectivity index (χ2n) is 3.69. The molecule has 1 nitrogen and oxygen atoms in total. The molecule has 0 aliphatic heterocycles. The molecule has 0 aliphatic carbocycles. The number of halogens is 1. The fourth-order valence-corrected chi connectivity index (χ4v) is 1.99. The zero-order chi connectivity index (χ0) is 10.1. The number of fused-ring (bicyclic) bond motifs is 1. The molecule has 0 spiro atoms. The van der Waals surface area contributed by atoms with Gasteiger partial charge in [-0.3, -0.25) is 0 Å². The van der Waals surface area contributed by atoms with Gasteiger partial charge in [0.2, 0.25) is 0 Å². The molecule has 1 aromatic heterocycles. The van der Waals surface area contributed by atoms with E-state index in [1.54, 1.807) is 0 Å². The molecule has 0 bridgehead atoms. The summed E-state index contributed by atoms with van der Waals surface area (Å²) in [7, 11) is 0. The Kier molecular flexibility index (Phi) is 2.51. The fraction of sp³-hybridized carbons (Fsp3) is 0.333. The van der Waals surface area contributed by atoms with Gasteiger partial charge in [0.1, 0.15) is 0 Å². The lowest BCUT2D eigenvalue weighted by atomic mass is 10.1. The van der Waals surface area contributed by atoms with Crippen LogP contribution in [-0.4, -0.2) is 10.9 Å². The molecular formula is C12H14ClN. The molecule has 14 heavy (non-hydrogen) atoms. The number of H-pyrrole nitrogens is 1. The minimum Gasteiger partial charge on any atom is -0.358 e. The maximum Gasteiger partial charge on any atom is 0.0458 e. The number of hydrogen-bond donors (Lipinski definition) is 1. The summed E-state index contributed by atoms with van der Waals surface area (Å²) in [4.78, 5) is 3.36. The zero-order valence-electron chi connectivity index (χ0n) is 8.52. The van der Waals surface area contributed by atoms with Crippen LogP contribution >= 0.6 is 11.6 Å². The maximum absolute atomic E-state index is 5.72. The first-order valence-electron chi connectivity index (χ1n) is 4.86. The molecule has 1 aromatic carbocycles. The molecule has 2 rings (SSSR count). The summed E-state index contributed by atoms with van der Waals surface area (Å²) < 4.78 is 0. The van der Waals surface area contributed by atoms with E-state index in [-0.39, 0.29) is 0 Å². The fourth-order valence-electron chi connectivity index (χ4n) is 1.77. The highest BCUT2D eigenvalue weighted by Gasteiger charge is 2.04. The van der Waals surface area contributed by atoms with Crippen LogP contribution in [0, 0.1) is 13.8 Å². The van der Waals surface area contributed by atoms with Crippen molar-refractivity contribution in [3.05, 3.63) is 35.0 Å². The Balaban J connectivity index is 2.58. The van der Waals surface area contributed by atoms with Gasteiger partial charge in [-0.2, -0.15) is 0 Å². The lowest BCUT2D eigenvalue weighted by Gasteiger charge is -1.98. The Morgan fingerprint density at radius 3 is 2.79 bits per heavy atom. The maximum atomic E-state index is 5.72. The Bertz CT molecular complexity index is 457. The van der Waals surface area contributed by atoms with Crippen LogP contribution in [0.4, 0.5) is 0 Å². The normalized spacial score (nSPS) is 11.1. The van der Waals surface area contributed by atoms with Gasteiger partial charge in [0, 0.05) is 22.5 Å². The van der Waals surface area contributed by atoms with Gasteiger partial charge in [-0.25, -0.2) is 0 Å². The van der Waals surface area contributed by atoms with E-state index in [0.717, 1.165) is 6.42 Å². The third kappa shape index (κ3) is 1.53. The first kappa shape index (κ1) is 9.60. The SMILES string of the molecule is Cc1[nH]c2ccc(CCCl)cc2c1C. The Labute approximate surface area is 89.1 Å². The minimum atomic E-state index is 0.688. The predicted octanol–water partition coefficient (Wildman–Crippen LogP) is 3.57. The number of rotatable bonds is 2. The molecule has 0 atom stereocenters. The summed E-state index contributed by atoms with van der Waals surface area (Å²) in [6, 6.07) is 6.51. The first-order valence-corrected chi connectivity index (χ1v) is 5.39. The van der Waals surface area contributed by atoms with Crippen molar-refractivity contribution in [3.8, 4) is 0 Å². The molecule has 1 heterocycles. The zero-order valence-corrected chi connectivity index (χ0v) is 9.28. The van der Waals surface area contributed by atoms with E-state index in [9.17, 15) is 0 Å². The monoisotopic (exact) mass is 207 g/mol. The molecule has 1 N–H and O–H groups in total. The van der Waals surface area contributed by atoms with E-state index in [1.165, 1.54) is 27.7 Å². The summed E-state index contributed by atoms with van der Waals surface area (Å²) in [6.45, 7) is 4.26. The average molecular weight is 208 g/mol. The van der Waals surface area contributed by atoms with Crippen LogP contribution in [-0.2, 0) is 6.42 Å². The van der Waals surface area contributed by atoms with Gasteiger partial charge >= 0.3 is 0 Å². The lowest BCUT2D eigenvalue weighted by molar-refractivity contribution is 1.16. The highest BCUT2D eigenvalue weighted by Crippen LogP contribution is 2.22. The van der Waals surface area contributed by atoms with Crippen molar-refractivity contribution in [1.29, 1.82) is 0 Å². The van der Waals surface area contributed by atoms with Crippen molar-refractivity contribution in [2.75, 3.05) is 5.88 Å². The van der Waals surface area contributed by atoms with Crippen molar-refractivity contribution in [3.63, 3.8) is 0 Å². The number of aromatic nitrogens is 1. The molecule has 0 saturated heterocycles. The van der Waals surface area contributed by atoms with E-state index in [1.807, 2.05) is 0 Å². The van der Waals surface area contributed by atoms with E-state index >= 15 is 0 Å². The second-order valence-corrected chi connectivity index (χ2v) is 4.07. The Morgan fingerprint density at radius 2 is 2.07 bits per heavy atom. The van der Waals surface area contributed by atoms with Crippen molar-refractivity contribution in [2.45, 2.75) is 20.3 Å². The van der Waals surface area contributed by atoms with E-state index in [0.29, 0.717) is 5.88 Å². The standard InChI is InChI=1S/C12H14ClN/c1-8-9(2)14-12-4-3-10(5-6-13)7-11(8)12/h3-4,7,14H,5-6H2,1-2H3. The van der Waals surface area contributed by atoms with Crippen molar-refractivity contribution in [1.82, 2.24) is 4.98 Å². The quantitative estimate of drug-likeness (QED) is 0.725. The Morgan fingerprint density at radius 1 is 1.29 bits per heavy atom. The van der Waals surface area contributed by atoms with Gasteiger partial charge in [-0.05, 0) is 43.5 Å². The third-order valence-electron chi connectivity index (χ3n) is 2.76. The average Bonchev–Trinajstić information content (AvgIpc) is 2.45. The highest BCUT2D eigenvalue weighted by atomic mass is 35.5. The molecule has 0 saturated carbocycles. The molecule has 0 amide bonds. The third-order valence-corrected chi connectivity index (χ3v) is 2.94. The van der Waals surface area contributed by atoms with Crippen molar-refractivity contribution >= 4 is 22.5 Å². The molecule has 0 fully saturated rings. The van der Waals surface area contributed by atoms with Crippen LogP contribution in [0.25, 0.3) is 10.9 Å². The number of aromatic amines is 1. The molecule has 0 aliphatic rings. The minimum absolute atomic E-state index is 0.688. The summed E-state index contributed by atoms with van der Waals surface area (Å²) in [5.74, 6) is 0.688. The first-order chi connectivity index (χ1) is 6.72. The topological polar surface area (TPSA) is 15.8 Å². The van der Waals surface area contributed by atoms with Gasteiger partial charge < -0.3 is 4.98 Å². The number of aryl methyl sites for hydroxylation is 3. The lowest BCUT2D eigenvalue weighted by Crippen LogP contribution is -1.85. The van der Waals surface area contributed by atoms with Crippen molar-refractivity contribution < 1.29 is 0 Å². The number of benzene rings is 1. The summed E-state index contributed by atoms with van der Waals surface area (Å²) in [5, 5.41) is 1.32. The number of alkyl halides is 1. The van der Waals surface area contributed by atoms with Gasteiger partial charge in [-0.1, -0.05) is 6.07 Å². The van der Waals surface area contributed by atoms with Crippen molar-refractivity contribution in [2.24, 2.45) is 0 Å². The largest absolute Gasteiger partial charge is 0.358 e. The molecule has 0 radical (unpaired) electrons. The summed E-state index contributed by atoms with van der Waals surface area (Å²) in [6.07, 6.45) is 0.946. The van der Waals surface area contributed by atoms with Crippen LogP contribution in [0.5, 0.6) is 0 Å². The van der Waals surface area contributed by atoms with E-state index < -0.39 is 0 Å². The molecule has 74 valence electrons. The molecular weight excluding hydrogens is 194 g/mol. The van der Waals surface area contributed by atoms with E-state index in [4.69, 9.17) is 11.6 Å². The molecule has 2 aromatic rings. The van der Waals surface area contributed by atoms with Crippen LogP contribution in [0.3, 0.4) is 0 Å². The summed E-state index contributed by atoms with van der Waals surface area (Å²) >= 11 is 5.72. The van der Waals surface area contributed by atoms with Gasteiger partial charge in [0.05, 0.1) is 0 Å². The Hall–Kier alpha value is -0.950. The van der Waals surface area contributed by atoms with Crippen LogP contribution in [0.2, 0.25) is 0 Å².